The molecule has 3 amide bonds. The fourth-order valence-electron chi connectivity index (χ4n) is 3.33. The largest absolute Gasteiger partial charge is 0.504 e. The number of benzene rings is 1. The van der Waals surface area contributed by atoms with Gasteiger partial charge in [0.1, 0.15) is 5.82 Å². The Morgan fingerprint density at radius 1 is 1.06 bits per heavy atom. The summed E-state index contributed by atoms with van der Waals surface area (Å²) in [5.74, 6) is -0.132. The minimum Gasteiger partial charge on any atom is -0.504 e. The van der Waals surface area contributed by atoms with Crippen LogP contribution < -0.4 is 21.1 Å². The molecule has 4 N–H and O–H groups in total. The first kappa shape index (κ1) is 20.2. The lowest BCUT2D eigenvalue weighted by Crippen LogP contribution is -2.46. The van der Waals surface area contributed by atoms with Gasteiger partial charge in [-0.2, -0.15) is 5.10 Å². The normalized spacial score (nSPS) is 13.1. The molecule has 1 fully saturated rings. The lowest BCUT2D eigenvalue weighted by molar-refractivity contribution is 0.0928. The Hall–Kier alpha value is -4.08. The summed E-state index contributed by atoms with van der Waals surface area (Å²) in [4.78, 5) is 30.9. The molecular formula is C21H23N7O3. The summed E-state index contributed by atoms with van der Waals surface area (Å²) in [6.07, 6.45) is 5.36. The third kappa shape index (κ3) is 4.92. The zero-order chi connectivity index (χ0) is 21.6. The molecule has 1 aromatic carbocycles. The minimum absolute atomic E-state index is 0.200. The number of carbonyl (C=O) groups excluding carboxylic acids is 2. The maximum atomic E-state index is 12.3. The van der Waals surface area contributed by atoms with E-state index in [-0.39, 0.29) is 18.0 Å². The fraction of sp³-hybridized carbons (Fsp3) is 0.238. The zero-order valence-corrected chi connectivity index (χ0v) is 16.8. The molecule has 0 radical (unpaired) electrons. The Morgan fingerprint density at radius 3 is 2.61 bits per heavy atom. The summed E-state index contributed by atoms with van der Waals surface area (Å²) in [5, 5.41) is 16.8. The molecule has 1 aliphatic heterocycles. The Balaban J connectivity index is 1.29. The van der Waals surface area contributed by atoms with Gasteiger partial charge in [-0.15, -0.1) is 0 Å². The number of urea groups is 1. The zero-order valence-electron chi connectivity index (χ0n) is 16.8. The van der Waals surface area contributed by atoms with Crippen LogP contribution in [0.25, 0.3) is 5.69 Å². The molecule has 0 spiro atoms. The summed E-state index contributed by atoms with van der Waals surface area (Å²) in [7, 11) is 0. The van der Waals surface area contributed by atoms with Crippen LogP contribution in [0.5, 0.6) is 5.75 Å². The first-order valence-electron chi connectivity index (χ1n) is 9.98. The fourth-order valence-corrected chi connectivity index (χ4v) is 3.33. The molecule has 31 heavy (non-hydrogen) atoms. The highest BCUT2D eigenvalue weighted by Crippen LogP contribution is 2.19. The SMILES string of the molecule is O=C(NCc1ccnc(N2CCCC2)c1)NNC(=O)c1nn(-c2ccccc2)cc1O. The summed E-state index contributed by atoms with van der Waals surface area (Å²) in [5.41, 5.74) is 5.89. The maximum absolute atomic E-state index is 12.3. The van der Waals surface area contributed by atoms with E-state index in [9.17, 15) is 14.7 Å². The standard InChI is InChI=1S/C21H23N7O3/c29-17-14-28(16-6-2-1-3-7-16)26-19(17)20(30)24-25-21(31)23-13-15-8-9-22-18(12-15)27-10-4-5-11-27/h1-3,6-9,12,14,29H,4-5,10-11,13H2,(H,24,30)(H2,23,25,31). The summed E-state index contributed by atoms with van der Waals surface area (Å²) in [6.45, 7) is 2.26. The molecule has 10 nitrogen and oxygen atoms in total. The van der Waals surface area contributed by atoms with Gasteiger partial charge in [0.2, 0.25) is 0 Å². The van der Waals surface area contributed by atoms with Crippen molar-refractivity contribution >= 4 is 17.8 Å². The number of carbonyl (C=O) groups is 2. The van der Waals surface area contributed by atoms with Crippen molar-refractivity contribution < 1.29 is 14.7 Å². The summed E-state index contributed by atoms with van der Waals surface area (Å²) < 4.78 is 1.38. The van der Waals surface area contributed by atoms with Crippen LogP contribution in [0.1, 0.15) is 28.9 Å². The Morgan fingerprint density at radius 2 is 1.84 bits per heavy atom. The number of hydrazine groups is 1. The van der Waals surface area contributed by atoms with E-state index in [0.29, 0.717) is 5.69 Å². The van der Waals surface area contributed by atoms with E-state index < -0.39 is 11.9 Å². The number of nitrogens with zero attached hydrogens (tertiary/aromatic N) is 4. The molecule has 0 saturated carbocycles. The number of para-hydroxylation sites is 1. The van der Waals surface area contributed by atoms with Crippen LogP contribution in [-0.4, -0.2) is 44.9 Å². The highest BCUT2D eigenvalue weighted by Gasteiger charge is 2.18. The van der Waals surface area contributed by atoms with Gasteiger partial charge in [0.25, 0.3) is 5.91 Å². The molecule has 1 saturated heterocycles. The highest BCUT2D eigenvalue weighted by atomic mass is 16.3. The van der Waals surface area contributed by atoms with E-state index >= 15 is 0 Å². The molecule has 2 aromatic heterocycles. The Kier molecular flexibility index (Phi) is 5.97. The number of pyridine rings is 1. The van der Waals surface area contributed by atoms with Crippen molar-refractivity contribution in [3.8, 4) is 11.4 Å². The average molecular weight is 421 g/mol. The second-order valence-corrected chi connectivity index (χ2v) is 7.12. The maximum Gasteiger partial charge on any atom is 0.333 e. The number of aromatic nitrogens is 3. The van der Waals surface area contributed by atoms with Crippen molar-refractivity contribution in [3.63, 3.8) is 0 Å². The first-order valence-corrected chi connectivity index (χ1v) is 9.98. The molecule has 0 unspecified atom stereocenters. The van der Waals surface area contributed by atoms with Crippen molar-refractivity contribution in [3.05, 3.63) is 66.1 Å². The third-order valence-electron chi connectivity index (χ3n) is 4.91. The van der Waals surface area contributed by atoms with Crippen LogP contribution in [0.15, 0.2) is 54.9 Å². The number of nitrogens with one attached hydrogen (secondary N) is 3. The van der Waals surface area contributed by atoms with Gasteiger partial charge in [-0.1, -0.05) is 18.2 Å². The third-order valence-corrected chi connectivity index (χ3v) is 4.91. The van der Waals surface area contributed by atoms with Crippen LogP contribution in [0, 0.1) is 0 Å². The van der Waals surface area contributed by atoms with E-state index in [1.54, 1.807) is 18.3 Å². The van der Waals surface area contributed by atoms with Gasteiger partial charge in [0, 0.05) is 25.8 Å². The lowest BCUT2D eigenvalue weighted by atomic mass is 10.2. The predicted molar refractivity (Wildman–Crippen MR) is 114 cm³/mol. The Labute approximate surface area is 178 Å². The number of hydrogen-bond donors (Lipinski definition) is 4. The number of rotatable bonds is 5. The van der Waals surface area contributed by atoms with Crippen LogP contribution in [0.2, 0.25) is 0 Å². The first-order chi connectivity index (χ1) is 15.1. The van der Waals surface area contributed by atoms with E-state index in [1.807, 2.05) is 30.3 Å². The molecule has 0 bridgehead atoms. The molecule has 0 aliphatic carbocycles. The monoisotopic (exact) mass is 421 g/mol. The number of anilines is 1. The smallest absolute Gasteiger partial charge is 0.333 e. The van der Waals surface area contributed by atoms with Crippen LogP contribution in [-0.2, 0) is 6.54 Å². The van der Waals surface area contributed by atoms with Gasteiger partial charge in [-0.3, -0.25) is 10.2 Å². The van der Waals surface area contributed by atoms with Gasteiger partial charge in [0.05, 0.1) is 11.9 Å². The topological polar surface area (TPSA) is 124 Å². The van der Waals surface area contributed by atoms with E-state index in [0.717, 1.165) is 37.3 Å². The van der Waals surface area contributed by atoms with Gasteiger partial charge in [0.15, 0.2) is 11.4 Å². The molecule has 0 atom stereocenters. The highest BCUT2D eigenvalue weighted by molar-refractivity contribution is 5.95. The quantitative estimate of drug-likeness (QED) is 0.465. The Bertz CT molecular complexity index is 1060. The van der Waals surface area contributed by atoms with Gasteiger partial charge in [-0.05, 0) is 42.7 Å². The van der Waals surface area contributed by atoms with Crippen molar-refractivity contribution in [2.45, 2.75) is 19.4 Å². The molecule has 160 valence electrons. The number of aromatic hydroxyl groups is 1. The van der Waals surface area contributed by atoms with Crippen LogP contribution >= 0.6 is 0 Å². The van der Waals surface area contributed by atoms with E-state index in [1.165, 1.54) is 10.9 Å². The second-order valence-electron chi connectivity index (χ2n) is 7.12. The minimum atomic E-state index is -0.734. The second kappa shape index (κ2) is 9.16. The molecule has 3 aromatic rings. The predicted octanol–water partition coefficient (Wildman–Crippen LogP) is 1.72. The number of amides is 3. The van der Waals surface area contributed by atoms with Gasteiger partial charge in [-0.25, -0.2) is 19.9 Å². The molecular weight excluding hydrogens is 398 g/mol. The molecule has 3 heterocycles. The molecule has 4 rings (SSSR count). The van der Waals surface area contributed by atoms with Gasteiger partial charge < -0.3 is 15.3 Å². The molecule has 10 heteroatoms. The van der Waals surface area contributed by atoms with Crippen LogP contribution in [0.3, 0.4) is 0 Å². The lowest BCUT2D eigenvalue weighted by Gasteiger charge is -2.17. The number of hydrogen-bond acceptors (Lipinski definition) is 6. The van der Waals surface area contributed by atoms with E-state index in [4.69, 9.17) is 0 Å². The van der Waals surface area contributed by atoms with Crippen molar-refractivity contribution in [2.24, 2.45) is 0 Å². The van der Waals surface area contributed by atoms with Crippen molar-refractivity contribution in [1.29, 1.82) is 0 Å². The van der Waals surface area contributed by atoms with E-state index in [2.05, 4.69) is 31.2 Å². The van der Waals surface area contributed by atoms with Crippen LogP contribution in [0.4, 0.5) is 10.6 Å². The molecule has 1 aliphatic rings. The van der Waals surface area contributed by atoms with Crippen molar-refractivity contribution in [1.82, 2.24) is 30.9 Å². The van der Waals surface area contributed by atoms with Gasteiger partial charge >= 0.3 is 6.03 Å². The average Bonchev–Trinajstić information content (AvgIpc) is 3.47. The van der Waals surface area contributed by atoms with Crippen molar-refractivity contribution in [2.75, 3.05) is 18.0 Å². The summed E-state index contributed by atoms with van der Waals surface area (Å²) >= 11 is 0. The summed E-state index contributed by atoms with van der Waals surface area (Å²) in [6, 6.07) is 12.2.